The van der Waals surface area contributed by atoms with Crippen LogP contribution in [0.4, 0.5) is 11.4 Å². The molecule has 0 atom stereocenters. The standard InChI is InChI=1S/C23H15Br2N3O5S/c1-12-4-5-18-14(7-12)15(10-19(26-18)20-3-2-6-34-20)23(30)33-11-21(29)27-22-16(24)8-13(28(31)32)9-17(22)25/h2-10H,11H2,1H3,(H,27,29). The number of hydrogen-bond donors (Lipinski definition) is 1. The summed E-state index contributed by atoms with van der Waals surface area (Å²) in [5, 5.41) is 16.1. The van der Waals surface area contributed by atoms with Crippen LogP contribution in [0.1, 0.15) is 15.9 Å². The molecule has 1 amide bonds. The maximum Gasteiger partial charge on any atom is 0.339 e. The van der Waals surface area contributed by atoms with E-state index in [2.05, 4.69) is 42.2 Å². The number of fused-ring (bicyclic) bond motifs is 1. The molecule has 1 N–H and O–H groups in total. The Labute approximate surface area is 214 Å². The topological polar surface area (TPSA) is 111 Å². The Morgan fingerprint density at radius 1 is 1.15 bits per heavy atom. The number of aryl methyl sites for hydroxylation is 1. The Hall–Kier alpha value is -3.15. The van der Waals surface area contributed by atoms with E-state index in [1.54, 1.807) is 6.07 Å². The highest BCUT2D eigenvalue weighted by atomic mass is 79.9. The summed E-state index contributed by atoms with van der Waals surface area (Å²) in [6.07, 6.45) is 0. The minimum Gasteiger partial charge on any atom is -0.452 e. The van der Waals surface area contributed by atoms with Crippen molar-refractivity contribution in [2.45, 2.75) is 6.92 Å². The number of nitro groups is 1. The van der Waals surface area contributed by atoms with Crippen LogP contribution in [0.2, 0.25) is 0 Å². The molecule has 0 bridgehead atoms. The van der Waals surface area contributed by atoms with E-state index < -0.39 is 23.4 Å². The maximum absolute atomic E-state index is 13.0. The molecule has 11 heteroatoms. The Bertz CT molecular complexity index is 1420. The van der Waals surface area contributed by atoms with Crippen molar-refractivity contribution in [1.29, 1.82) is 0 Å². The molecule has 2 aromatic carbocycles. The third-order valence-corrected chi connectivity index (χ3v) is 6.94. The van der Waals surface area contributed by atoms with E-state index in [4.69, 9.17) is 4.74 Å². The first-order valence-electron chi connectivity index (χ1n) is 9.78. The van der Waals surface area contributed by atoms with Crippen LogP contribution in [0, 0.1) is 17.0 Å². The van der Waals surface area contributed by atoms with Gasteiger partial charge in [0, 0.05) is 26.5 Å². The van der Waals surface area contributed by atoms with E-state index in [0.29, 0.717) is 31.1 Å². The fraction of sp³-hybridized carbons (Fsp3) is 0.0870. The van der Waals surface area contributed by atoms with Crippen LogP contribution in [-0.4, -0.2) is 28.4 Å². The lowest BCUT2D eigenvalue weighted by Crippen LogP contribution is -2.21. The minimum atomic E-state index is -0.659. The van der Waals surface area contributed by atoms with Gasteiger partial charge < -0.3 is 10.1 Å². The first-order valence-corrected chi connectivity index (χ1v) is 12.2. The van der Waals surface area contributed by atoms with Crippen LogP contribution in [0.5, 0.6) is 0 Å². The van der Waals surface area contributed by atoms with Crippen LogP contribution in [0.3, 0.4) is 0 Å². The van der Waals surface area contributed by atoms with Crippen molar-refractivity contribution < 1.29 is 19.2 Å². The van der Waals surface area contributed by atoms with Gasteiger partial charge in [-0.3, -0.25) is 14.9 Å². The molecule has 0 aliphatic carbocycles. The molecule has 172 valence electrons. The molecule has 4 rings (SSSR count). The van der Waals surface area contributed by atoms with Gasteiger partial charge in [-0.05, 0) is 68.4 Å². The number of ether oxygens (including phenoxy) is 1. The van der Waals surface area contributed by atoms with Crippen molar-refractivity contribution in [1.82, 2.24) is 4.98 Å². The van der Waals surface area contributed by atoms with Gasteiger partial charge in [0.25, 0.3) is 11.6 Å². The van der Waals surface area contributed by atoms with Gasteiger partial charge in [-0.1, -0.05) is 17.7 Å². The smallest absolute Gasteiger partial charge is 0.339 e. The molecule has 2 heterocycles. The molecule has 0 saturated heterocycles. The number of nitro benzene ring substituents is 1. The molecule has 2 aromatic heterocycles. The summed E-state index contributed by atoms with van der Waals surface area (Å²) in [6.45, 7) is 1.37. The number of esters is 1. The first-order chi connectivity index (χ1) is 16.2. The van der Waals surface area contributed by atoms with Crippen LogP contribution >= 0.6 is 43.2 Å². The Kier molecular flexibility index (Phi) is 7.05. The van der Waals surface area contributed by atoms with Gasteiger partial charge in [0.2, 0.25) is 0 Å². The number of non-ortho nitro benzene ring substituents is 1. The van der Waals surface area contributed by atoms with Crippen LogP contribution in [0.15, 0.2) is 62.9 Å². The Balaban J connectivity index is 1.55. The number of thiophene rings is 1. The van der Waals surface area contributed by atoms with Crippen molar-refractivity contribution in [2.75, 3.05) is 11.9 Å². The highest BCUT2D eigenvalue weighted by molar-refractivity contribution is 9.11. The molecular formula is C23H15Br2N3O5S. The van der Waals surface area contributed by atoms with Gasteiger partial charge in [0.15, 0.2) is 6.61 Å². The Morgan fingerprint density at radius 2 is 1.88 bits per heavy atom. The minimum absolute atomic E-state index is 0.149. The lowest BCUT2D eigenvalue weighted by atomic mass is 10.0. The van der Waals surface area contributed by atoms with Crippen molar-refractivity contribution in [3.63, 3.8) is 0 Å². The fourth-order valence-corrected chi connectivity index (χ4v) is 5.27. The predicted octanol–water partition coefficient (Wildman–Crippen LogP) is 6.50. The molecule has 0 unspecified atom stereocenters. The number of benzene rings is 2. The van der Waals surface area contributed by atoms with Crippen molar-refractivity contribution in [3.05, 3.63) is 84.1 Å². The van der Waals surface area contributed by atoms with Gasteiger partial charge in [-0.2, -0.15) is 0 Å². The van der Waals surface area contributed by atoms with Crippen LogP contribution < -0.4 is 5.32 Å². The number of carbonyl (C=O) groups is 2. The van der Waals surface area contributed by atoms with Gasteiger partial charge in [-0.15, -0.1) is 11.3 Å². The molecule has 0 spiro atoms. The largest absolute Gasteiger partial charge is 0.452 e. The lowest BCUT2D eigenvalue weighted by molar-refractivity contribution is -0.385. The monoisotopic (exact) mass is 603 g/mol. The van der Waals surface area contributed by atoms with Crippen LogP contribution in [0.25, 0.3) is 21.5 Å². The SMILES string of the molecule is Cc1ccc2nc(-c3cccs3)cc(C(=O)OCC(=O)Nc3c(Br)cc([N+](=O)[O-])cc3Br)c2c1. The second-order valence-electron chi connectivity index (χ2n) is 7.22. The zero-order chi connectivity index (χ0) is 24.4. The average Bonchev–Trinajstić information content (AvgIpc) is 3.34. The number of pyridine rings is 1. The summed E-state index contributed by atoms with van der Waals surface area (Å²) in [5.41, 5.74) is 2.69. The number of nitrogens with zero attached hydrogens (tertiary/aromatic N) is 2. The summed E-state index contributed by atoms with van der Waals surface area (Å²) in [4.78, 5) is 41.4. The maximum atomic E-state index is 13.0. The van der Waals surface area contributed by atoms with Gasteiger partial charge in [0.05, 0.1) is 32.3 Å². The summed E-state index contributed by atoms with van der Waals surface area (Å²) >= 11 is 7.92. The molecule has 4 aromatic rings. The third kappa shape index (κ3) is 5.16. The molecule has 0 saturated carbocycles. The normalized spacial score (nSPS) is 10.8. The first kappa shape index (κ1) is 24.0. The molecule has 0 aliphatic rings. The number of halogens is 2. The van der Waals surface area contributed by atoms with Crippen molar-refractivity contribution in [2.24, 2.45) is 0 Å². The van der Waals surface area contributed by atoms with E-state index in [1.165, 1.54) is 23.5 Å². The zero-order valence-electron chi connectivity index (χ0n) is 17.5. The van der Waals surface area contributed by atoms with E-state index in [-0.39, 0.29) is 11.4 Å². The van der Waals surface area contributed by atoms with E-state index in [0.717, 1.165) is 10.4 Å². The molecule has 8 nitrogen and oxygen atoms in total. The molecule has 0 aliphatic heterocycles. The number of carbonyl (C=O) groups excluding carboxylic acids is 2. The van der Waals surface area contributed by atoms with Crippen LogP contribution in [-0.2, 0) is 9.53 Å². The lowest BCUT2D eigenvalue weighted by Gasteiger charge is -2.12. The summed E-state index contributed by atoms with van der Waals surface area (Å²) in [5.74, 6) is -1.26. The molecule has 0 radical (unpaired) electrons. The number of amides is 1. The number of aromatic nitrogens is 1. The van der Waals surface area contributed by atoms with E-state index >= 15 is 0 Å². The van der Waals surface area contributed by atoms with Gasteiger partial charge in [0.1, 0.15) is 0 Å². The highest BCUT2D eigenvalue weighted by Crippen LogP contribution is 2.35. The summed E-state index contributed by atoms with van der Waals surface area (Å²) in [7, 11) is 0. The summed E-state index contributed by atoms with van der Waals surface area (Å²) < 4.78 is 5.93. The second-order valence-corrected chi connectivity index (χ2v) is 9.88. The third-order valence-electron chi connectivity index (χ3n) is 4.79. The summed E-state index contributed by atoms with van der Waals surface area (Å²) in [6, 6.07) is 13.6. The molecule has 0 fully saturated rings. The molecule has 34 heavy (non-hydrogen) atoms. The number of nitrogens with one attached hydrogen (secondary N) is 1. The highest BCUT2D eigenvalue weighted by Gasteiger charge is 2.19. The van der Waals surface area contributed by atoms with E-state index in [1.807, 2.05) is 42.6 Å². The fourth-order valence-electron chi connectivity index (χ4n) is 3.23. The van der Waals surface area contributed by atoms with Crippen molar-refractivity contribution >= 4 is 77.4 Å². The quantitative estimate of drug-likeness (QED) is 0.153. The number of anilines is 1. The zero-order valence-corrected chi connectivity index (χ0v) is 21.5. The Morgan fingerprint density at radius 3 is 2.53 bits per heavy atom. The predicted molar refractivity (Wildman–Crippen MR) is 137 cm³/mol. The average molecular weight is 605 g/mol. The van der Waals surface area contributed by atoms with Gasteiger partial charge >= 0.3 is 5.97 Å². The van der Waals surface area contributed by atoms with Gasteiger partial charge in [-0.25, -0.2) is 9.78 Å². The number of rotatable bonds is 6. The number of hydrogen-bond acceptors (Lipinski definition) is 7. The second kappa shape index (κ2) is 10.00. The molecular weight excluding hydrogens is 590 g/mol. The van der Waals surface area contributed by atoms with Crippen molar-refractivity contribution in [3.8, 4) is 10.6 Å². The van der Waals surface area contributed by atoms with E-state index in [9.17, 15) is 19.7 Å².